The maximum atomic E-state index is 12.8. The zero-order chi connectivity index (χ0) is 15.9. The van der Waals surface area contributed by atoms with Gasteiger partial charge in [0.2, 0.25) is 0 Å². The van der Waals surface area contributed by atoms with Crippen molar-refractivity contribution >= 4 is 24.3 Å². The summed E-state index contributed by atoms with van der Waals surface area (Å²) in [6.07, 6.45) is 0. The summed E-state index contributed by atoms with van der Waals surface area (Å²) >= 11 is 0. The first-order valence-electron chi connectivity index (χ1n) is 6.62. The van der Waals surface area contributed by atoms with Gasteiger partial charge < -0.3 is 12.9 Å². The van der Waals surface area contributed by atoms with Gasteiger partial charge in [-0.2, -0.15) is 0 Å². The quantitative estimate of drug-likeness (QED) is 0.559. The molecule has 3 nitrogen and oxygen atoms in total. The number of benzene rings is 2. The summed E-state index contributed by atoms with van der Waals surface area (Å²) in [4.78, 5) is 25.3. The topological polar surface area (TPSA) is 37.4 Å². The van der Waals surface area contributed by atoms with Gasteiger partial charge in [0.15, 0.2) is 0 Å². The molecule has 0 unspecified atom stereocenters. The molecule has 0 atom stereocenters. The third-order valence-electron chi connectivity index (χ3n) is 3.55. The van der Waals surface area contributed by atoms with E-state index in [4.69, 9.17) is 0 Å². The van der Waals surface area contributed by atoms with Crippen molar-refractivity contribution in [2.45, 2.75) is 6.54 Å². The van der Waals surface area contributed by atoms with Gasteiger partial charge in [-0.15, -0.1) is 5.46 Å². The molecule has 2 amide bonds. The summed E-state index contributed by atoms with van der Waals surface area (Å²) in [6.45, 7) is -5.29. The molecular weight excluding hydrogens is 333 g/mol. The summed E-state index contributed by atoms with van der Waals surface area (Å²) in [5.74, 6) is -0.966. The van der Waals surface area contributed by atoms with Crippen LogP contribution in [0, 0.1) is 0 Å². The second-order valence-electron chi connectivity index (χ2n) is 5.06. The average Bonchev–Trinajstić information content (AvgIpc) is 2.72. The Morgan fingerprint density at radius 1 is 0.870 bits per heavy atom. The molecule has 0 spiro atoms. The van der Waals surface area contributed by atoms with Gasteiger partial charge in [-0.05, 0) is 17.7 Å². The van der Waals surface area contributed by atoms with E-state index in [-0.39, 0.29) is 74.6 Å². The molecule has 2 aromatic carbocycles. The normalized spacial score (nSPS) is 13.8. The van der Waals surface area contributed by atoms with Crippen molar-refractivity contribution in [2.24, 2.45) is 0 Å². The average molecular weight is 343 g/mol. The first kappa shape index (κ1) is 18.4. The molecule has 0 aliphatic carbocycles. The molecule has 1 heterocycles. The van der Waals surface area contributed by atoms with Gasteiger partial charge in [-0.1, -0.05) is 36.4 Å². The summed E-state index contributed by atoms with van der Waals surface area (Å²) in [5, 5.41) is 0. The van der Waals surface area contributed by atoms with Gasteiger partial charge in [-0.25, -0.2) is 0 Å². The number of carbonyl (C=O) groups excluding carboxylic acids is 2. The SMILES string of the molecule is O=C1c2ccccc2C(=O)N1Cc1cccc([B-](F)(F)F)c1.[K+]. The fourth-order valence-electron chi connectivity index (χ4n) is 2.46. The van der Waals surface area contributed by atoms with E-state index in [1.807, 2.05) is 0 Å². The standard InChI is InChI=1S/C15H10BF3NO2.K/c17-16(18,19)11-5-3-4-10(8-11)9-20-14(21)12-6-1-2-7-13(12)15(20)22;/h1-8H,9H2;/q-1;+1. The maximum Gasteiger partial charge on any atom is 1.00 e. The van der Waals surface area contributed by atoms with E-state index in [0.29, 0.717) is 0 Å². The number of imide groups is 1. The van der Waals surface area contributed by atoms with Gasteiger partial charge in [-0.3, -0.25) is 14.5 Å². The van der Waals surface area contributed by atoms with E-state index < -0.39 is 24.3 Å². The molecule has 1 aliphatic rings. The Morgan fingerprint density at radius 3 is 1.96 bits per heavy atom. The van der Waals surface area contributed by atoms with Crippen LogP contribution < -0.4 is 56.8 Å². The van der Waals surface area contributed by atoms with Crippen LogP contribution in [0.2, 0.25) is 0 Å². The van der Waals surface area contributed by atoms with E-state index in [1.54, 1.807) is 12.1 Å². The van der Waals surface area contributed by atoms with E-state index >= 15 is 0 Å². The van der Waals surface area contributed by atoms with Gasteiger partial charge in [0.1, 0.15) is 0 Å². The van der Waals surface area contributed by atoms with E-state index in [1.165, 1.54) is 24.3 Å². The molecule has 0 fully saturated rings. The summed E-state index contributed by atoms with van der Waals surface area (Å²) in [7, 11) is 0. The van der Waals surface area contributed by atoms with Crippen LogP contribution in [-0.2, 0) is 6.54 Å². The number of rotatable bonds is 3. The third kappa shape index (κ3) is 3.61. The van der Waals surface area contributed by atoms with Crippen molar-refractivity contribution in [3.63, 3.8) is 0 Å². The Labute approximate surface area is 173 Å². The van der Waals surface area contributed by atoms with Crippen LogP contribution in [0.3, 0.4) is 0 Å². The monoisotopic (exact) mass is 343 g/mol. The molecule has 0 N–H and O–H groups in total. The van der Waals surface area contributed by atoms with Crippen LogP contribution in [-0.4, -0.2) is 23.7 Å². The first-order chi connectivity index (χ1) is 10.4. The predicted molar refractivity (Wildman–Crippen MR) is 75.8 cm³/mol. The number of fused-ring (bicyclic) bond motifs is 1. The number of carbonyl (C=O) groups is 2. The smallest absolute Gasteiger partial charge is 0.445 e. The molecule has 8 heteroatoms. The second-order valence-corrected chi connectivity index (χ2v) is 5.06. The number of halogens is 3. The van der Waals surface area contributed by atoms with Crippen LogP contribution in [0.15, 0.2) is 48.5 Å². The van der Waals surface area contributed by atoms with Crippen LogP contribution in [0.25, 0.3) is 0 Å². The second kappa shape index (κ2) is 6.90. The number of hydrogen-bond acceptors (Lipinski definition) is 2. The van der Waals surface area contributed by atoms with E-state index in [0.717, 1.165) is 17.0 Å². The van der Waals surface area contributed by atoms with Gasteiger partial charge in [0.05, 0.1) is 17.7 Å². The molecule has 0 saturated carbocycles. The molecule has 23 heavy (non-hydrogen) atoms. The van der Waals surface area contributed by atoms with Gasteiger partial charge in [0, 0.05) is 0 Å². The molecule has 112 valence electrons. The number of hydrogen-bond donors (Lipinski definition) is 0. The van der Waals surface area contributed by atoms with Crippen LogP contribution in [0.5, 0.6) is 0 Å². The fraction of sp³-hybridized carbons (Fsp3) is 0.0667. The number of amides is 2. The van der Waals surface area contributed by atoms with Crippen molar-refractivity contribution in [3.8, 4) is 0 Å². The summed E-state index contributed by atoms with van der Waals surface area (Å²) < 4.78 is 38.3. The minimum absolute atomic E-state index is 0. The van der Waals surface area contributed by atoms with Crippen LogP contribution in [0.1, 0.15) is 26.3 Å². The van der Waals surface area contributed by atoms with Crippen LogP contribution >= 0.6 is 0 Å². The van der Waals surface area contributed by atoms with Gasteiger partial charge >= 0.3 is 58.4 Å². The van der Waals surface area contributed by atoms with Crippen molar-refractivity contribution in [3.05, 3.63) is 65.2 Å². The van der Waals surface area contributed by atoms with Crippen molar-refractivity contribution in [1.82, 2.24) is 4.90 Å². The molecule has 0 bridgehead atoms. The molecule has 0 aromatic heterocycles. The molecular formula is C15H10BF3KNO2. The molecule has 1 aliphatic heterocycles. The zero-order valence-electron chi connectivity index (χ0n) is 12.3. The predicted octanol–water partition coefficient (Wildman–Crippen LogP) is -0.459. The summed E-state index contributed by atoms with van der Waals surface area (Å²) in [6, 6.07) is 11.0. The van der Waals surface area contributed by atoms with Crippen molar-refractivity contribution in [2.75, 3.05) is 0 Å². The maximum absolute atomic E-state index is 12.8. The fourth-order valence-corrected chi connectivity index (χ4v) is 2.46. The van der Waals surface area contributed by atoms with Crippen molar-refractivity contribution < 1.29 is 73.9 Å². The molecule has 0 radical (unpaired) electrons. The van der Waals surface area contributed by atoms with E-state index in [9.17, 15) is 22.5 Å². The van der Waals surface area contributed by atoms with Crippen molar-refractivity contribution in [1.29, 1.82) is 0 Å². The Kier molecular flexibility index (Phi) is 5.52. The minimum atomic E-state index is -5.11. The third-order valence-corrected chi connectivity index (χ3v) is 3.55. The minimum Gasteiger partial charge on any atom is -0.445 e. The van der Waals surface area contributed by atoms with Gasteiger partial charge in [0.25, 0.3) is 11.8 Å². The molecule has 0 saturated heterocycles. The Balaban J connectivity index is 0.00000192. The zero-order valence-corrected chi connectivity index (χ0v) is 15.4. The summed E-state index contributed by atoms with van der Waals surface area (Å²) in [5.41, 5.74) is 0.0905. The largest absolute Gasteiger partial charge is 1.00 e. The van der Waals surface area contributed by atoms with E-state index in [2.05, 4.69) is 0 Å². The number of nitrogens with zero attached hydrogens (tertiary/aromatic N) is 1. The van der Waals surface area contributed by atoms with Crippen LogP contribution in [0.4, 0.5) is 12.9 Å². The molecule has 3 rings (SSSR count). The Morgan fingerprint density at radius 2 is 1.43 bits per heavy atom. The molecule has 2 aromatic rings. The first-order valence-corrected chi connectivity index (χ1v) is 6.62. The Hall–Kier alpha value is -0.929. The Bertz CT molecular complexity index is 744.